The number of amides is 3. The van der Waals surface area contributed by atoms with E-state index >= 15 is 0 Å². The summed E-state index contributed by atoms with van der Waals surface area (Å²) < 4.78 is 0. The Balaban J connectivity index is 0.000000186. The molecule has 35 heavy (non-hydrogen) atoms. The molecule has 5 rings (SSSR count). The number of carbonyl (C=O) groups is 2. The molecule has 2 aromatic carbocycles. The second kappa shape index (κ2) is 11.5. The van der Waals surface area contributed by atoms with Crippen LogP contribution in [0.1, 0.15) is 36.5 Å². The molecular weight excluding hydrogens is 466 g/mol. The van der Waals surface area contributed by atoms with E-state index in [-0.39, 0.29) is 17.7 Å². The van der Waals surface area contributed by atoms with Crippen molar-refractivity contribution >= 4 is 52.0 Å². The van der Waals surface area contributed by atoms with Crippen LogP contribution in [-0.4, -0.2) is 42.0 Å². The predicted molar refractivity (Wildman–Crippen MR) is 143 cm³/mol. The molecule has 0 radical (unpaired) electrons. The van der Waals surface area contributed by atoms with Gasteiger partial charge in [-0.25, -0.2) is 4.79 Å². The fourth-order valence-corrected chi connectivity index (χ4v) is 4.42. The number of anilines is 3. The van der Waals surface area contributed by atoms with Crippen LogP contribution in [0.5, 0.6) is 5.75 Å². The van der Waals surface area contributed by atoms with Crippen LogP contribution < -0.4 is 20.9 Å². The summed E-state index contributed by atoms with van der Waals surface area (Å²) >= 11 is 6.00. The number of phenols is 1. The number of phenolic OH excluding ortho intramolecular Hbond substituents is 1. The van der Waals surface area contributed by atoms with Crippen LogP contribution in [-0.2, 0) is 11.2 Å². The summed E-state index contributed by atoms with van der Waals surface area (Å²) in [5, 5.41) is 19.2. The first-order valence-corrected chi connectivity index (χ1v) is 12.0. The van der Waals surface area contributed by atoms with Crippen molar-refractivity contribution in [2.75, 3.05) is 35.0 Å². The Labute approximate surface area is 210 Å². The molecule has 0 fully saturated rings. The van der Waals surface area contributed by atoms with Crippen LogP contribution in [0.15, 0.2) is 30.5 Å². The quantitative estimate of drug-likeness (QED) is 0.203. The summed E-state index contributed by atoms with van der Waals surface area (Å²) in [7, 11) is 1.58. The number of aromatic nitrogens is 1. The monoisotopic (exact) mass is 495 g/mol. The van der Waals surface area contributed by atoms with Crippen molar-refractivity contribution in [3.63, 3.8) is 0 Å². The number of nitrogens with one attached hydrogen (secondary N) is 4. The van der Waals surface area contributed by atoms with Gasteiger partial charge in [-0.05, 0) is 41.8 Å². The molecule has 0 bridgehead atoms. The highest BCUT2D eigenvalue weighted by atomic mass is 35.5. The number of hydrogen-bond donors (Lipinski definition) is 5. The Morgan fingerprint density at radius 3 is 2.80 bits per heavy atom. The van der Waals surface area contributed by atoms with Crippen molar-refractivity contribution in [1.29, 1.82) is 0 Å². The normalized spacial score (nSPS) is 14.5. The minimum absolute atomic E-state index is 0.115. The van der Waals surface area contributed by atoms with E-state index in [1.165, 1.54) is 0 Å². The maximum absolute atomic E-state index is 11.1. The van der Waals surface area contributed by atoms with E-state index < -0.39 is 0 Å². The molecule has 0 aliphatic carbocycles. The van der Waals surface area contributed by atoms with E-state index in [1.54, 1.807) is 18.0 Å². The minimum atomic E-state index is -0.218. The third-order valence-corrected chi connectivity index (χ3v) is 6.13. The highest BCUT2D eigenvalue weighted by molar-refractivity contribution is 6.19. The molecule has 1 aromatic heterocycles. The number of rotatable bonds is 3. The van der Waals surface area contributed by atoms with Crippen molar-refractivity contribution in [2.24, 2.45) is 0 Å². The van der Waals surface area contributed by atoms with E-state index in [9.17, 15) is 14.7 Å². The number of carbonyl (C=O) groups excluding carboxylic acids is 2. The van der Waals surface area contributed by atoms with Crippen LogP contribution in [0.25, 0.3) is 10.9 Å². The second-order valence-electron chi connectivity index (χ2n) is 7.84. The SMILES string of the molecule is CC.CNC(=O)Nc1ccc2c(c1)CC#CN2.Cc1c[nH]c2c(O)cc3c(c12)C(CCl)CN3C=O. The standard InChI is InChI=1S/C13H13ClN2O2.C11H11N3O.C2H6/c1-7-4-15-13-10(18)2-9-12(11(7)13)8(3-14)5-16(9)6-17;1-12-11(15)14-9-4-5-10-8(7-9)3-2-6-13-10;1-2/h2,4,6,8,15,18H,3,5H2,1H3;4-5,7,13H,3H2,1H3,(H2,12,14,15);1-2H3. The summed E-state index contributed by atoms with van der Waals surface area (Å²) in [6.45, 7) is 6.55. The van der Waals surface area contributed by atoms with Gasteiger partial charge in [-0.1, -0.05) is 19.8 Å². The molecule has 9 heteroatoms. The lowest BCUT2D eigenvalue weighted by Gasteiger charge is -2.12. The second-order valence-corrected chi connectivity index (χ2v) is 8.15. The fourth-order valence-electron chi connectivity index (χ4n) is 4.17. The van der Waals surface area contributed by atoms with Crippen LogP contribution in [0.2, 0.25) is 0 Å². The van der Waals surface area contributed by atoms with E-state index in [1.807, 2.05) is 45.2 Å². The number of H-pyrrole nitrogens is 1. The molecule has 2 aliphatic heterocycles. The largest absolute Gasteiger partial charge is 0.506 e. The van der Waals surface area contributed by atoms with Crippen molar-refractivity contribution in [3.8, 4) is 17.7 Å². The molecule has 0 saturated heterocycles. The first kappa shape index (κ1) is 25.8. The number of benzene rings is 2. The van der Waals surface area contributed by atoms with Gasteiger partial charge in [0.1, 0.15) is 5.75 Å². The Morgan fingerprint density at radius 1 is 1.34 bits per heavy atom. The third-order valence-electron chi connectivity index (χ3n) is 5.76. The van der Waals surface area contributed by atoms with Crippen LogP contribution >= 0.6 is 11.6 Å². The van der Waals surface area contributed by atoms with Gasteiger partial charge in [-0.2, -0.15) is 0 Å². The lowest BCUT2D eigenvalue weighted by molar-refractivity contribution is -0.107. The van der Waals surface area contributed by atoms with Gasteiger partial charge in [0, 0.05) is 61.2 Å². The number of hydrogen-bond acceptors (Lipinski definition) is 4. The Morgan fingerprint density at radius 2 is 2.11 bits per heavy atom. The van der Waals surface area contributed by atoms with E-state index in [2.05, 4.69) is 32.9 Å². The summed E-state index contributed by atoms with van der Waals surface area (Å²) in [5.74, 6) is 3.69. The molecule has 1 unspecified atom stereocenters. The maximum atomic E-state index is 11.1. The number of halogens is 1. The average Bonchev–Trinajstić information content (AvgIpc) is 3.45. The smallest absolute Gasteiger partial charge is 0.318 e. The first-order chi connectivity index (χ1) is 17.0. The number of aromatic amines is 1. The molecule has 3 heterocycles. The molecule has 3 aromatic rings. The summed E-state index contributed by atoms with van der Waals surface area (Å²) in [6, 6.07) is 9.90. The molecule has 1 atom stereocenters. The van der Waals surface area contributed by atoms with Crippen LogP contribution in [0.4, 0.5) is 21.9 Å². The molecule has 0 saturated carbocycles. The highest BCUT2D eigenvalue weighted by Crippen LogP contribution is 2.45. The van der Waals surface area contributed by atoms with Gasteiger partial charge in [-0.3, -0.25) is 4.79 Å². The zero-order chi connectivity index (χ0) is 25.5. The molecule has 5 N–H and O–H groups in total. The number of aromatic hydroxyl groups is 1. The molecule has 184 valence electrons. The Bertz CT molecular complexity index is 1290. The maximum Gasteiger partial charge on any atom is 0.318 e. The summed E-state index contributed by atoms with van der Waals surface area (Å²) in [6.07, 6.45) is 3.36. The zero-order valence-electron chi connectivity index (χ0n) is 20.3. The lowest BCUT2D eigenvalue weighted by Crippen LogP contribution is -2.24. The van der Waals surface area contributed by atoms with Crippen molar-refractivity contribution in [3.05, 3.63) is 47.2 Å². The Kier molecular flexibility index (Phi) is 8.50. The third kappa shape index (κ3) is 5.31. The van der Waals surface area contributed by atoms with E-state index in [0.29, 0.717) is 24.4 Å². The molecule has 0 spiro atoms. The number of urea groups is 1. The number of fused-ring (bicyclic) bond motifs is 4. The van der Waals surface area contributed by atoms with Gasteiger partial charge >= 0.3 is 6.03 Å². The van der Waals surface area contributed by atoms with Gasteiger partial charge in [0.05, 0.1) is 16.9 Å². The highest BCUT2D eigenvalue weighted by Gasteiger charge is 2.31. The zero-order valence-corrected chi connectivity index (χ0v) is 21.0. The lowest BCUT2D eigenvalue weighted by atomic mass is 9.97. The molecular formula is C26H30ClN5O3. The Hall–Kier alpha value is -3.83. The van der Waals surface area contributed by atoms with Gasteiger partial charge < -0.3 is 30.9 Å². The summed E-state index contributed by atoms with van der Waals surface area (Å²) in [4.78, 5) is 26.8. The number of alkyl halides is 1. The van der Waals surface area contributed by atoms with Crippen molar-refractivity contribution < 1.29 is 14.7 Å². The average molecular weight is 496 g/mol. The molecule has 2 aliphatic rings. The number of nitrogens with zero attached hydrogens (tertiary/aromatic N) is 1. The first-order valence-electron chi connectivity index (χ1n) is 11.4. The van der Waals surface area contributed by atoms with Gasteiger partial charge in [-0.15, -0.1) is 11.6 Å². The van der Waals surface area contributed by atoms with Gasteiger partial charge in [0.15, 0.2) is 0 Å². The van der Waals surface area contributed by atoms with Crippen molar-refractivity contribution in [2.45, 2.75) is 33.1 Å². The molecule has 3 amide bonds. The summed E-state index contributed by atoms with van der Waals surface area (Å²) in [5.41, 5.74) is 6.48. The predicted octanol–water partition coefficient (Wildman–Crippen LogP) is 4.87. The fraction of sp³-hybridized carbons (Fsp3) is 0.308. The molecule has 8 nitrogen and oxygen atoms in total. The van der Waals surface area contributed by atoms with Gasteiger partial charge in [0.2, 0.25) is 6.41 Å². The van der Waals surface area contributed by atoms with Gasteiger partial charge in [0.25, 0.3) is 0 Å². The van der Waals surface area contributed by atoms with E-state index in [0.717, 1.165) is 45.5 Å². The minimum Gasteiger partial charge on any atom is -0.506 e. The van der Waals surface area contributed by atoms with E-state index in [4.69, 9.17) is 11.6 Å². The number of aryl methyl sites for hydroxylation is 1. The van der Waals surface area contributed by atoms with Crippen LogP contribution in [0, 0.1) is 18.9 Å². The topological polar surface area (TPSA) is 109 Å². The van der Waals surface area contributed by atoms with Crippen LogP contribution in [0.3, 0.4) is 0 Å². The van der Waals surface area contributed by atoms with Crippen molar-refractivity contribution in [1.82, 2.24) is 10.3 Å².